The largest absolute Gasteiger partial charge is 0.455 e. The van der Waals surface area contributed by atoms with Gasteiger partial charge in [-0.1, -0.05) is 55.3 Å². The van der Waals surface area contributed by atoms with Gasteiger partial charge in [0.2, 0.25) is 12.6 Å². The smallest absolute Gasteiger partial charge is 0.361 e. The minimum atomic E-state index is -0.729. The van der Waals surface area contributed by atoms with Crippen LogP contribution in [0, 0.1) is 0 Å². The minimum Gasteiger partial charge on any atom is -0.455 e. The molecule has 0 aliphatic rings. The first-order valence-corrected chi connectivity index (χ1v) is 13.6. The van der Waals surface area contributed by atoms with Crippen LogP contribution in [0.1, 0.15) is 48.6 Å². The summed E-state index contributed by atoms with van der Waals surface area (Å²) in [6.07, 6.45) is 2.44. The molecule has 11 nitrogen and oxygen atoms in total. The van der Waals surface area contributed by atoms with E-state index in [1.165, 1.54) is 6.92 Å². The third-order valence-electron chi connectivity index (χ3n) is 6.19. The van der Waals surface area contributed by atoms with Crippen LogP contribution in [0.15, 0.2) is 51.4 Å². The number of tetrazole rings is 1. The Balaban J connectivity index is 1.51. The molecule has 5 rings (SSSR count). The van der Waals surface area contributed by atoms with E-state index in [0.29, 0.717) is 36.0 Å². The molecule has 1 N–H and O–H groups in total. The first-order valence-electron chi connectivity index (χ1n) is 12.5. The molecule has 0 spiro atoms. The second-order valence-electron chi connectivity index (χ2n) is 8.90. The normalized spacial score (nSPS) is 11.2. The molecule has 0 unspecified atom stereocenters. The standard InChI is InChI=1S/C27H24BrClN6O5/c1-3-4-9-21-30-25(29)23(27(37)39-14-38-15(2)36)35(21)13-16-10-11-20-19(12-16)22(28)24(40-20)17-7-5-6-8-18(17)26-31-33-34-32-26/h5-8,10-12H,3-4,9,13-14H2,1-2H3,(H,31,32,33,34). The maximum atomic E-state index is 12.9. The molecule has 3 heterocycles. The number of furan rings is 1. The van der Waals surface area contributed by atoms with E-state index in [4.69, 9.17) is 25.5 Å². The Kier molecular flexibility index (Phi) is 8.27. The molecule has 0 saturated carbocycles. The van der Waals surface area contributed by atoms with Crippen molar-refractivity contribution in [2.24, 2.45) is 0 Å². The van der Waals surface area contributed by atoms with Crippen molar-refractivity contribution >= 4 is 50.4 Å². The van der Waals surface area contributed by atoms with Crippen molar-refractivity contribution < 1.29 is 23.5 Å². The molecule has 0 saturated heterocycles. The van der Waals surface area contributed by atoms with Crippen molar-refractivity contribution in [3.05, 3.63) is 69.2 Å². The van der Waals surface area contributed by atoms with E-state index in [9.17, 15) is 9.59 Å². The Morgan fingerprint density at radius 1 is 1.15 bits per heavy atom. The highest BCUT2D eigenvalue weighted by atomic mass is 79.9. The molecule has 2 aromatic carbocycles. The van der Waals surface area contributed by atoms with Crippen LogP contribution in [0.4, 0.5) is 0 Å². The Hall–Kier alpha value is -4.03. The van der Waals surface area contributed by atoms with Gasteiger partial charge in [0.25, 0.3) is 0 Å². The Labute approximate surface area is 241 Å². The van der Waals surface area contributed by atoms with Crippen molar-refractivity contribution in [1.29, 1.82) is 0 Å². The number of benzene rings is 2. The van der Waals surface area contributed by atoms with E-state index in [-0.39, 0.29) is 10.8 Å². The van der Waals surface area contributed by atoms with Gasteiger partial charge in [0.05, 0.1) is 4.47 Å². The number of nitrogens with zero attached hydrogens (tertiary/aromatic N) is 5. The Morgan fingerprint density at radius 2 is 1.95 bits per heavy atom. The maximum Gasteiger partial charge on any atom is 0.361 e. The molecular formula is C27H24BrClN6O5. The summed E-state index contributed by atoms with van der Waals surface area (Å²) in [5.41, 5.74) is 3.22. The van der Waals surface area contributed by atoms with Crippen molar-refractivity contribution in [2.75, 3.05) is 6.79 Å². The summed E-state index contributed by atoms with van der Waals surface area (Å²) in [7, 11) is 0. The summed E-state index contributed by atoms with van der Waals surface area (Å²) in [5, 5.41) is 15.3. The number of hydrogen-bond donors (Lipinski definition) is 1. The van der Waals surface area contributed by atoms with Crippen LogP contribution in [0.2, 0.25) is 5.15 Å². The highest BCUT2D eigenvalue weighted by Gasteiger charge is 2.25. The molecule has 0 aliphatic heterocycles. The predicted molar refractivity (Wildman–Crippen MR) is 150 cm³/mol. The van der Waals surface area contributed by atoms with Crippen LogP contribution in [0.25, 0.3) is 33.7 Å². The molecule has 13 heteroatoms. The number of carbonyl (C=O) groups excluding carboxylic acids is 2. The van der Waals surface area contributed by atoms with E-state index in [1.54, 1.807) is 4.57 Å². The number of aromatic nitrogens is 6. The van der Waals surface area contributed by atoms with Gasteiger partial charge in [-0.15, -0.1) is 10.2 Å². The lowest BCUT2D eigenvalue weighted by Gasteiger charge is -2.12. The van der Waals surface area contributed by atoms with Gasteiger partial charge in [-0.05, 0) is 45.3 Å². The summed E-state index contributed by atoms with van der Waals surface area (Å²) in [5.74, 6) is 0.444. The van der Waals surface area contributed by atoms with E-state index >= 15 is 0 Å². The number of aryl methyl sites for hydroxylation is 1. The van der Waals surface area contributed by atoms with E-state index in [1.807, 2.05) is 42.5 Å². The lowest BCUT2D eigenvalue weighted by molar-refractivity contribution is -0.149. The number of ether oxygens (including phenoxy) is 2. The average molecular weight is 628 g/mol. The van der Waals surface area contributed by atoms with Crippen molar-refractivity contribution in [3.8, 4) is 22.7 Å². The predicted octanol–water partition coefficient (Wildman–Crippen LogP) is 5.96. The van der Waals surface area contributed by atoms with Crippen molar-refractivity contribution in [2.45, 2.75) is 39.7 Å². The first-order chi connectivity index (χ1) is 19.4. The fourth-order valence-corrected chi connectivity index (χ4v) is 5.19. The zero-order valence-corrected chi connectivity index (χ0v) is 24.0. The quantitative estimate of drug-likeness (QED) is 0.147. The zero-order valence-electron chi connectivity index (χ0n) is 21.6. The fourth-order valence-electron chi connectivity index (χ4n) is 4.31. The highest BCUT2D eigenvalue weighted by molar-refractivity contribution is 9.10. The molecule has 0 amide bonds. The average Bonchev–Trinajstić information content (AvgIpc) is 3.66. The Bertz CT molecular complexity index is 1680. The highest BCUT2D eigenvalue weighted by Crippen LogP contribution is 2.41. The minimum absolute atomic E-state index is 0.0323. The molecule has 0 radical (unpaired) electrons. The summed E-state index contributed by atoms with van der Waals surface area (Å²) in [6, 6.07) is 13.4. The monoisotopic (exact) mass is 626 g/mol. The third-order valence-corrected chi connectivity index (χ3v) is 7.24. The van der Waals surface area contributed by atoms with Gasteiger partial charge in [0.1, 0.15) is 17.2 Å². The summed E-state index contributed by atoms with van der Waals surface area (Å²) in [6.45, 7) is 3.09. The third kappa shape index (κ3) is 5.63. The van der Waals surface area contributed by atoms with Crippen LogP contribution < -0.4 is 0 Å². The van der Waals surface area contributed by atoms with Crippen molar-refractivity contribution in [3.63, 3.8) is 0 Å². The van der Waals surface area contributed by atoms with E-state index in [0.717, 1.165) is 39.4 Å². The Morgan fingerprint density at radius 3 is 2.67 bits per heavy atom. The first kappa shape index (κ1) is 27.5. The number of halogens is 2. The molecule has 0 bridgehead atoms. The zero-order chi connectivity index (χ0) is 28.2. The molecule has 0 fully saturated rings. The summed E-state index contributed by atoms with van der Waals surface area (Å²) in [4.78, 5) is 28.4. The van der Waals surface area contributed by atoms with Crippen LogP contribution in [0.3, 0.4) is 0 Å². The topological polar surface area (TPSA) is 138 Å². The molecule has 0 aliphatic carbocycles. The number of unbranched alkanes of at least 4 members (excludes halogenated alkanes) is 1. The van der Waals surface area contributed by atoms with Gasteiger partial charge >= 0.3 is 11.9 Å². The maximum absolute atomic E-state index is 12.9. The summed E-state index contributed by atoms with van der Waals surface area (Å²) < 4.78 is 18.6. The number of fused-ring (bicyclic) bond motifs is 1. The molecule has 40 heavy (non-hydrogen) atoms. The number of rotatable bonds is 10. The summed E-state index contributed by atoms with van der Waals surface area (Å²) >= 11 is 10.1. The van der Waals surface area contributed by atoms with Crippen LogP contribution in [-0.4, -0.2) is 48.9 Å². The van der Waals surface area contributed by atoms with Crippen LogP contribution >= 0.6 is 27.5 Å². The second-order valence-corrected chi connectivity index (χ2v) is 10.1. The second kappa shape index (κ2) is 12.0. The fraction of sp³-hybridized carbons (Fsp3) is 0.259. The van der Waals surface area contributed by atoms with Crippen LogP contribution in [0.5, 0.6) is 0 Å². The number of esters is 2. The van der Waals surface area contributed by atoms with Gasteiger partial charge < -0.3 is 18.5 Å². The number of hydrogen-bond acceptors (Lipinski definition) is 9. The van der Waals surface area contributed by atoms with Gasteiger partial charge in [-0.3, -0.25) is 4.79 Å². The molecule has 0 atom stereocenters. The lowest BCUT2D eigenvalue weighted by atomic mass is 10.0. The lowest BCUT2D eigenvalue weighted by Crippen LogP contribution is -2.17. The van der Waals surface area contributed by atoms with E-state index < -0.39 is 18.7 Å². The number of imidazole rings is 1. The molecular weight excluding hydrogens is 604 g/mol. The van der Waals surface area contributed by atoms with Gasteiger partial charge in [0.15, 0.2) is 10.8 Å². The molecule has 206 valence electrons. The molecule has 5 aromatic rings. The SMILES string of the molecule is CCCCc1nc(Cl)c(C(=O)OCOC(C)=O)n1Cc1ccc2oc(-c3ccccc3-c3nn[nH]n3)c(Br)c2c1. The van der Waals surface area contributed by atoms with E-state index in [2.05, 4.69) is 48.5 Å². The molecule has 3 aromatic heterocycles. The van der Waals surface area contributed by atoms with Crippen LogP contribution in [-0.2, 0) is 27.2 Å². The van der Waals surface area contributed by atoms with Gasteiger partial charge in [0, 0.05) is 36.4 Å². The number of carbonyl (C=O) groups is 2. The van der Waals surface area contributed by atoms with Gasteiger partial charge in [-0.2, -0.15) is 5.21 Å². The van der Waals surface area contributed by atoms with Gasteiger partial charge in [-0.25, -0.2) is 9.78 Å². The van der Waals surface area contributed by atoms with Crippen molar-refractivity contribution in [1.82, 2.24) is 30.2 Å². The number of nitrogens with one attached hydrogen (secondary N) is 1. The number of aromatic amines is 1. The number of H-pyrrole nitrogens is 1.